The largest absolute Gasteiger partial charge is 0.482 e. The zero-order valence-corrected chi connectivity index (χ0v) is 26.6. The highest BCUT2D eigenvalue weighted by atomic mass is 16.6. The normalized spacial score (nSPS) is 18.2. The van der Waals surface area contributed by atoms with Crippen LogP contribution < -0.4 is 15.0 Å². The Bertz CT molecular complexity index is 1500. The highest BCUT2D eigenvalue weighted by molar-refractivity contribution is 6.00. The maximum Gasteiger partial charge on any atom is 0.410 e. The van der Waals surface area contributed by atoms with Crippen LogP contribution in [0.3, 0.4) is 0 Å². The van der Waals surface area contributed by atoms with Crippen LogP contribution in [0, 0.1) is 5.92 Å². The molecule has 2 aliphatic heterocycles. The Kier molecular flexibility index (Phi) is 10.1. The first-order valence-electron chi connectivity index (χ1n) is 15.6. The number of hydrogen-bond acceptors (Lipinski definition) is 6. The smallest absolute Gasteiger partial charge is 0.410 e. The van der Waals surface area contributed by atoms with Crippen molar-refractivity contribution >= 4 is 29.3 Å². The number of nitrogens with one attached hydrogen (secondary N) is 1. The minimum atomic E-state index is -0.645. The van der Waals surface area contributed by atoms with Crippen molar-refractivity contribution in [2.24, 2.45) is 5.92 Å². The molecule has 9 heteroatoms. The zero-order chi connectivity index (χ0) is 32.0. The molecule has 3 amide bonds. The summed E-state index contributed by atoms with van der Waals surface area (Å²) in [5.74, 6) is -0.373. The van der Waals surface area contributed by atoms with E-state index in [1.807, 2.05) is 45.0 Å². The number of anilines is 2. The SMILES string of the molecule is COCCCCN1C(=O)COc2ccc(NC(=O)[C@H]3CN(C(=O)OC(C)(C)C)CC[C@@H]3c3cccc(-c4ccccc4)c3)cc21. The van der Waals surface area contributed by atoms with Gasteiger partial charge < -0.3 is 29.3 Å². The van der Waals surface area contributed by atoms with Gasteiger partial charge in [-0.2, -0.15) is 0 Å². The molecule has 3 aromatic rings. The second kappa shape index (κ2) is 14.2. The summed E-state index contributed by atoms with van der Waals surface area (Å²) < 4.78 is 16.5. The van der Waals surface area contributed by atoms with Gasteiger partial charge in [0.05, 0.1) is 11.6 Å². The predicted octanol–water partition coefficient (Wildman–Crippen LogP) is 6.48. The van der Waals surface area contributed by atoms with Crippen molar-refractivity contribution in [1.82, 2.24) is 4.90 Å². The summed E-state index contributed by atoms with van der Waals surface area (Å²) in [6.45, 7) is 7.35. The van der Waals surface area contributed by atoms with Crippen LogP contribution in [0.5, 0.6) is 5.75 Å². The molecule has 0 spiro atoms. The lowest BCUT2D eigenvalue weighted by atomic mass is 9.79. The van der Waals surface area contributed by atoms with Gasteiger partial charge in [-0.05, 0) is 80.8 Å². The number of likely N-dealkylation sites (tertiary alicyclic amines) is 1. The number of methoxy groups -OCH3 is 1. The number of piperidine rings is 1. The second-order valence-corrected chi connectivity index (χ2v) is 12.6. The van der Waals surface area contributed by atoms with Crippen LogP contribution in [0.4, 0.5) is 16.2 Å². The van der Waals surface area contributed by atoms with Gasteiger partial charge in [-0.25, -0.2) is 4.79 Å². The van der Waals surface area contributed by atoms with Crippen LogP contribution in [0.15, 0.2) is 72.8 Å². The van der Waals surface area contributed by atoms with Crippen LogP contribution >= 0.6 is 0 Å². The molecule has 0 bridgehead atoms. The van der Waals surface area contributed by atoms with Crippen molar-refractivity contribution in [3.05, 3.63) is 78.4 Å². The lowest BCUT2D eigenvalue weighted by Gasteiger charge is -2.38. The molecule has 238 valence electrons. The van der Waals surface area contributed by atoms with E-state index in [4.69, 9.17) is 14.2 Å². The Morgan fingerprint density at radius 2 is 1.76 bits per heavy atom. The highest BCUT2D eigenvalue weighted by Crippen LogP contribution is 2.38. The quantitative estimate of drug-likeness (QED) is 0.277. The maximum atomic E-state index is 14.1. The number of benzene rings is 3. The summed E-state index contributed by atoms with van der Waals surface area (Å²) in [5.41, 5.74) is 3.77. The summed E-state index contributed by atoms with van der Waals surface area (Å²) in [5, 5.41) is 3.10. The summed E-state index contributed by atoms with van der Waals surface area (Å²) in [6, 6.07) is 23.8. The lowest BCUT2D eigenvalue weighted by Crippen LogP contribution is -2.48. The van der Waals surface area contributed by atoms with Crippen molar-refractivity contribution in [3.8, 4) is 16.9 Å². The second-order valence-electron chi connectivity index (χ2n) is 12.6. The van der Waals surface area contributed by atoms with Crippen LogP contribution in [-0.4, -0.2) is 68.4 Å². The number of carbonyl (C=O) groups is 3. The number of hydrogen-bond donors (Lipinski definition) is 1. The molecule has 2 aliphatic rings. The summed E-state index contributed by atoms with van der Waals surface area (Å²) in [7, 11) is 1.66. The van der Waals surface area contributed by atoms with E-state index in [0.717, 1.165) is 29.5 Å². The van der Waals surface area contributed by atoms with Gasteiger partial charge in [0.1, 0.15) is 11.4 Å². The molecule has 0 radical (unpaired) electrons. The topological polar surface area (TPSA) is 97.4 Å². The molecule has 45 heavy (non-hydrogen) atoms. The Hall–Kier alpha value is -4.37. The number of carbonyl (C=O) groups excluding carboxylic acids is 3. The molecule has 3 aromatic carbocycles. The van der Waals surface area contributed by atoms with Gasteiger partial charge in [-0.3, -0.25) is 9.59 Å². The number of amides is 3. The van der Waals surface area contributed by atoms with Crippen LogP contribution in [0.1, 0.15) is 51.5 Å². The maximum absolute atomic E-state index is 14.1. The fourth-order valence-corrected chi connectivity index (χ4v) is 5.96. The van der Waals surface area contributed by atoms with E-state index in [1.54, 1.807) is 35.1 Å². The number of fused-ring (bicyclic) bond motifs is 1. The summed E-state index contributed by atoms with van der Waals surface area (Å²) in [4.78, 5) is 43.3. The fraction of sp³-hybridized carbons (Fsp3) is 0.417. The third-order valence-electron chi connectivity index (χ3n) is 8.17. The average molecular weight is 614 g/mol. The zero-order valence-electron chi connectivity index (χ0n) is 26.6. The number of rotatable bonds is 9. The molecule has 1 fully saturated rings. The van der Waals surface area contributed by atoms with Gasteiger partial charge in [0.2, 0.25) is 5.91 Å². The van der Waals surface area contributed by atoms with Gasteiger partial charge in [0.15, 0.2) is 6.61 Å². The molecular weight excluding hydrogens is 570 g/mol. The van der Waals surface area contributed by atoms with Gasteiger partial charge in [0.25, 0.3) is 5.91 Å². The molecule has 2 heterocycles. The number of nitrogens with zero attached hydrogens (tertiary/aromatic N) is 2. The lowest BCUT2D eigenvalue weighted by molar-refractivity contribution is -0.122. The van der Waals surface area contributed by atoms with E-state index in [0.29, 0.717) is 43.2 Å². The Labute approximate surface area is 265 Å². The molecule has 9 nitrogen and oxygen atoms in total. The van der Waals surface area contributed by atoms with Gasteiger partial charge >= 0.3 is 6.09 Å². The van der Waals surface area contributed by atoms with Crippen molar-refractivity contribution in [1.29, 1.82) is 0 Å². The molecule has 0 aliphatic carbocycles. The van der Waals surface area contributed by atoms with Crippen molar-refractivity contribution in [2.45, 2.75) is 51.6 Å². The van der Waals surface area contributed by atoms with E-state index in [1.165, 1.54) is 0 Å². The van der Waals surface area contributed by atoms with Gasteiger partial charge in [-0.1, -0.05) is 54.6 Å². The van der Waals surface area contributed by atoms with Gasteiger partial charge in [0, 0.05) is 39.0 Å². The third kappa shape index (κ3) is 8.02. The van der Waals surface area contributed by atoms with Gasteiger partial charge in [-0.15, -0.1) is 0 Å². The number of unbranched alkanes of at least 4 members (excludes halogenated alkanes) is 1. The summed E-state index contributed by atoms with van der Waals surface area (Å²) >= 11 is 0. The molecule has 5 rings (SSSR count). The Balaban J connectivity index is 1.40. The molecule has 0 unspecified atom stereocenters. The van der Waals surface area contributed by atoms with Crippen molar-refractivity contribution < 1.29 is 28.6 Å². The molecule has 1 N–H and O–H groups in total. The Morgan fingerprint density at radius 3 is 2.51 bits per heavy atom. The van der Waals surface area contributed by atoms with E-state index in [2.05, 4.69) is 35.6 Å². The first kappa shape index (κ1) is 32.0. The minimum absolute atomic E-state index is 0.0186. The molecule has 0 saturated carbocycles. The monoisotopic (exact) mass is 613 g/mol. The van der Waals surface area contributed by atoms with Crippen LogP contribution in [0.2, 0.25) is 0 Å². The number of ether oxygens (including phenoxy) is 3. The molecule has 0 aromatic heterocycles. The van der Waals surface area contributed by atoms with E-state index < -0.39 is 17.6 Å². The third-order valence-corrected chi connectivity index (χ3v) is 8.17. The fourth-order valence-electron chi connectivity index (χ4n) is 5.96. The van der Waals surface area contributed by atoms with Crippen LogP contribution in [0.25, 0.3) is 11.1 Å². The Morgan fingerprint density at radius 1 is 0.978 bits per heavy atom. The van der Waals surface area contributed by atoms with Crippen molar-refractivity contribution in [2.75, 3.05) is 50.2 Å². The minimum Gasteiger partial charge on any atom is -0.482 e. The van der Waals surface area contributed by atoms with Crippen molar-refractivity contribution in [3.63, 3.8) is 0 Å². The van der Waals surface area contributed by atoms with E-state index >= 15 is 0 Å². The molecule has 2 atom stereocenters. The first-order valence-corrected chi connectivity index (χ1v) is 15.6. The molecular formula is C36H43N3O6. The first-order chi connectivity index (χ1) is 21.6. The predicted molar refractivity (Wildman–Crippen MR) is 175 cm³/mol. The average Bonchev–Trinajstić information content (AvgIpc) is 3.03. The van der Waals surface area contributed by atoms with E-state index in [-0.39, 0.29) is 30.9 Å². The summed E-state index contributed by atoms with van der Waals surface area (Å²) in [6.07, 6.45) is 1.79. The standard InChI is InChI=1S/C36H43N3O6/c1-36(2,3)45-35(42)38-19-17-29(27-14-10-13-26(21-27)25-11-6-5-7-12-25)30(23-38)34(41)37-28-15-16-32-31(22-28)39(33(40)24-44-32)18-8-9-20-43-4/h5-7,10-16,21-22,29-30H,8-9,17-20,23-24H2,1-4H3,(H,37,41)/t29-,30+/m1/s1. The highest BCUT2D eigenvalue weighted by Gasteiger charge is 2.38. The molecule has 1 saturated heterocycles. The van der Waals surface area contributed by atoms with Crippen LogP contribution in [-0.2, 0) is 19.1 Å². The van der Waals surface area contributed by atoms with E-state index in [9.17, 15) is 14.4 Å².